The Morgan fingerprint density at radius 1 is 1.75 bits per heavy atom. The minimum atomic E-state index is -1.38. The van der Waals surface area contributed by atoms with Crippen molar-refractivity contribution in [3.8, 4) is 12.3 Å². The third-order valence-corrected chi connectivity index (χ3v) is 1.02. The van der Waals surface area contributed by atoms with Crippen LogP contribution in [-0.2, 0) is 0 Å². The fraction of sp³-hybridized carbons (Fsp3) is 0.714. The van der Waals surface area contributed by atoms with E-state index in [-0.39, 0.29) is 0 Å². The smallest absolute Gasteiger partial charge is 0.167 e. The maximum atomic E-state index is 12.6. The molecule has 0 saturated heterocycles. The van der Waals surface area contributed by atoms with Crippen LogP contribution in [-0.4, -0.2) is 5.67 Å². The highest BCUT2D eigenvalue weighted by Gasteiger charge is 2.16. The van der Waals surface area contributed by atoms with E-state index in [1.54, 1.807) is 0 Å². The summed E-state index contributed by atoms with van der Waals surface area (Å²) in [5.74, 6) is 2.08. The number of hydrogen-bond acceptors (Lipinski definition) is 0. The van der Waals surface area contributed by atoms with E-state index < -0.39 is 5.67 Å². The van der Waals surface area contributed by atoms with Crippen molar-refractivity contribution >= 4 is 0 Å². The first-order valence-corrected chi connectivity index (χ1v) is 2.79. The summed E-state index contributed by atoms with van der Waals surface area (Å²) >= 11 is 0. The van der Waals surface area contributed by atoms with Crippen LogP contribution >= 0.6 is 0 Å². The lowest BCUT2D eigenvalue weighted by atomic mass is 10.0. The van der Waals surface area contributed by atoms with Crippen molar-refractivity contribution in [3.63, 3.8) is 0 Å². The second-order valence-electron chi connectivity index (χ2n) is 2.09. The van der Waals surface area contributed by atoms with Crippen LogP contribution < -0.4 is 0 Å². The van der Waals surface area contributed by atoms with E-state index in [4.69, 9.17) is 6.42 Å². The van der Waals surface area contributed by atoms with Crippen molar-refractivity contribution in [1.82, 2.24) is 0 Å². The first-order valence-electron chi connectivity index (χ1n) is 2.79. The molecule has 0 heterocycles. The summed E-state index contributed by atoms with van der Waals surface area (Å²) < 4.78 is 12.6. The largest absolute Gasteiger partial charge is 0.230 e. The lowest BCUT2D eigenvalue weighted by molar-refractivity contribution is 0.252. The number of hydrogen-bond donors (Lipinski definition) is 0. The average Bonchev–Trinajstić information content (AvgIpc) is 1.67. The molecule has 0 spiro atoms. The molecular formula is C7H11F. The zero-order chi connectivity index (χ0) is 6.62. The van der Waals surface area contributed by atoms with Gasteiger partial charge in [-0.25, -0.2) is 4.39 Å². The Labute approximate surface area is 50.1 Å². The summed E-state index contributed by atoms with van der Waals surface area (Å²) in [7, 11) is 0. The van der Waals surface area contributed by atoms with Gasteiger partial charge in [-0.2, -0.15) is 0 Å². The highest BCUT2D eigenvalue weighted by molar-refractivity contribution is 5.04. The highest BCUT2D eigenvalue weighted by atomic mass is 19.1. The Morgan fingerprint density at radius 2 is 2.25 bits per heavy atom. The zero-order valence-corrected chi connectivity index (χ0v) is 5.37. The predicted octanol–water partition coefficient (Wildman–Crippen LogP) is 2.15. The Morgan fingerprint density at radius 3 is 2.38 bits per heavy atom. The van der Waals surface area contributed by atoms with Gasteiger partial charge >= 0.3 is 0 Å². The highest BCUT2D eigenvalue weighted by Crippen LogP contribution is 2.14. The van der Waals surface area contributed by atoms with E-state index in [0.717, 1.165) is 6.42 Å². The number of rotatable bonds is 2. The third-order valence-electron chi connectivity index (χ3n) is 1.02. The zero-order valence-electron chi connectivity index (χ0n) is 5.37. The molecule has 0 amide bonds. The van der Waals surface area contributed by atoms with E-state index in [2.05, 4.69) is 5.92 Å². The standard InChI is InChI=1S/C7H11F/c1-4-6-7(3,8)5-2/h2H,4,6H2,1,3H3. The molecule has 0 radical (unpaired) electrons. The molecule has 0 rings (SSSR count). The van der Waals surface area contributed by atoms with Crippen molar-refractivity contribution in [2.75, 3.05) is 0 Å². The van der Waals surface area contributed by atoms with Gasteiger partial charge in [-0.1, -0.05) is 19.3 Å². The van der Waals surface area contributed by atoms with Crippen molar-refractivity contribution < 1.29 is 4.39 Å². The maximum Gasteiger partial charge on any atom is 0.167 e. The summed E-state index contributed by atoms with van der Waals surface area (Å²) in [4.78, 5) is 0. The summed E-state index contributed by atoms with van der Waals surface area (Å²) in [5.41, 5.74) is -1.38. The fourth-order valence-electron chi connectivity index (χ4n) is 0.542. The van der Waals surface area contributed by atoms with Crippen LogP contribution in [0.15, 0.2) is 0 Å². The molecule has 0 nitrogen and oxygen atoms in total. The second-order valence-corrected chi connectivity index (χ2v) is 2.09. The fourth-order valence-corrected chi connectivity index (χ4v) is 0.542. The molecule has 1 heteroatoms. The molecule has 46 valence electrons. The van der Waals surface area contributed by atoms with E-state index in [1.807, 2.05) is 6.92 Å². The first kappa shape index (κ1) is 7.49. The molecule has 0 N–H and O–H groups in total. The van der Waals surface area contributed by atoms with Gasteiger partial charge in [-0.15, -0.1) is 6.42 Å². The molecule has 0 aliphatic rings. The Hall–Kier alpha value is -0.510. The molecule has 0 aliphatic heterocycles. The number of alkyl halides is 1. The molecule has 0 bridgehead atoms. The van der Waals surface area contributed by atoms with Gasteiger partial charge in [0.15, 0.2) is 5.67 Å². The number of halogens is 1. The SMILES string of the molecule is C#CC(C)(F)CCC. The van der Waals surface area contributed by atoms with E-state index in [0.29, 0.717) is 6.42 Å². The van der Waals surface area contributed by atoms with E-state index >= 15 is 0 Å². The molecule has 1 unspecified atom stereocenters. The van der Waals surface area contributed by atoms with Gasteiger partial charge in [-0.05, 0) is 13.3 Å². The molecule has 0 aromatic carbocycles. The Balaban J connectivity index is 3.59. The predicted molar refractivity (Wildman–Crippen MR) is 33.3 cm³/mol. The Bertz CT molecular complexity index is 97.4. The molecule has 1 atom stereocenters. The van der Waals surface area contributed by atoms with Crippen LogP contribution in [0.1, 0.15) is 26.7 Å². The van der Waals surface area contributed by atoms with Crippen LogP contribution in [0.2, 0.25) is 0 Å². The molecule has 0 saturated carbocycles. The van der Waals surface area contributed by atoms with Crippen LogP contribution in [0, 0.1) is 12.3 Å². The lowest BCUT2D eigenvalue weighted by Gasteiger charge is -2.09. The molecule has 0 fully saturated rings. The minimum absolute atomic E-state index is 0.462. The normalized spacial score (nSPS) is 16.8. The minimum Gasteiger partial charge on any atom is -0.230 e. The molecule has 0 aromatic heterocycles. The van der Waals surface area contributed by atoms with Crippen molar-refractivity contribution in [2.24, 2.45) is 0 Å². The molecular weight excluding hydrogens is 103 g/mol. The monoisotopic (exact) mass is 114 g/mol. The van der Waals surface area contributed by atoms with Crippen LogP contribution in [0.25, 0.3) is 0 Å². The van der Waals surface area contributed by atoms with Crippen molar-refractivity contribution in [1.29, 1.82) is 0 Å². The van der Waals surface area contributed by atoms with Gasteiger partial charge in [0.25, 0.3) is 0 Å². The summed E-state index contributed by atoms with van der Waals surface area (Å²) in [6.07, 6.45) is 6.13. The molecule has 8 heavy (non-hydrogen) atoms. The summed E-state index contributed by atoms with van der Waals surface area (Å²) in [6.45, 7) is 3.34. The van der Waals surface area contributed by atoms with Crippen molar-refractivity contribution in [3.05, 3.63) is 0 Å². The first-order chi connectivity index (χ1) is 3.62. The van der Waals surface area contributed by atoms with Gasteiger partial charge < -0.3 is 0 Å². The van der Waals surface area contributed by atoms with E-state index in [9.17, 15) is 4.39 Å². The van der Waals surface area contributed by atoms with Crippen molar-refractivity contribution in [2.45, 2.75) is 32.4 Å². The molecule has 0 aromatic rings. The van der Waals surface area contributed by atoms with Gasteiger partial charge in [0.2, 0.25) is 0 Å². The lowest BCUT2D eigenvalue weighted by Crippen LogP contribution is -2.12. The topological polar surface area (TPSA) is 0 Å². The Kier molecular flexibility index (Phi) is 2.54. The summed E-state index contributed by atoms with van der Waals surface area (Å²) in [6, 6.07) is 0. The van der Waals surface area contributed by atoms with Crippen LogP contribution in [0.5, 0.6) is 0 Å². The van der Waals surface area contributed by atoms with Crippen LogP contribution in [0.3, 0.4) is 0 Å². The quantitative estimate of drug-likeness (QED) is 0.482. The number of terminal acetylenes is 1. The van der Waals surface area contributed by atoms with Crippen LogP contribution in [0.4, 0.5) is 4.39 Å². The van der Waals surface area contributed by atoms with Gasteiger partial charge in [0.1, 0.15) is 0 Å². The second kappa shape index (κ2) is 2.71. The van der Waals surface area contributed by atoms with Gasteiger partial charge in [0.05, 0.1) is 0 Å². The maximum absolute atomic E-state index is 12.6. The van der Waals surface area contributed by atoms with Gasteiger partial charge in [-0.3, -0.25) is 0 Å². The third kappa shape index (κ3) is 2.63. The average molecular weight is 114 g/mol. The van der Waals surface area contributed by atoms with Gasteiger partial charge in [0, 0.05) is 0 Å². The summed E-state index contributed by atoms with van der Waals surface area (Å²) in [5, 5.41) is 0. The molecule has 0 aliphatic carbocycles. The van der Waals surface area contributed by atoms with E-state index in [1.165, 1.54) is 6.92 Å².